The van der Waals surface area contributed by atoms with E-state index in [4.69, 9.17) is 4.52 Å². The molecule has 1 fully saturated rings. The first-order valence-electron chi connectivity index (χ1n) is 7.42. The molecule has 1 aromatic rings. The molecule has 1 aliphatic heterocycles. The van der Waals surface area contributed by atoms with E-state index in [0.29, 0.717) is 6.04 Å². The van der Waals surface area contributed by atoms with Gasteiger partial charge < -0.3 is 14.7 Å². The molecular weight excluding hydrogens is 240 g/mol. The molecule has 1 unspecified atom stereocenters. The van der Waals surface area contributed by atoms with Crippen LogP contribution in [-0.4, -0.2) is 47.8 Å². The second-order valence-electron chi connectivity index (χ2n) is 5.58. The van der Waals surface area contributed by atoms with Gasteiger partial charge in [0.15, 0.2) is 5.82 Å². The Morgan fingerprint density at radius 1 is 1.42 bits per heavy atom. The van der Waals surface area contributed by atoms with Gasteiger partial charge in [0, 0.05) is 18.9 Å². The van der Waals surface area contributed by atoms with E-state index in [0.717, 1.165) is 30.5 Å². The van der Waals surface area contributed by atoms with Crippen LogP contribution in [-0.2, 0) is 12.8 Å². The molecule has 1 saturated heterocycles. The van der Waals surface area contributed by atoms with Crippen LogP contribution in [0.25, 0.3) is 0 Å². The molecule has 0 amide bonds. The van der Waals surface area contributed by atoms with E-state index >= 15 is 0 Å². The largest absolute Gasteiger partial charge is 0.339 e. The Kier molecular flexibility index (Phi) is 5.34. The Hall–Kier alpha value is -0.940. The van der Waals surface area contributed by atoms with Crippen LogP contribution in [0.2, 0.25) is 0 Å². The Balaban J connectivity index is 1.80. The molecule has 2 rings (SSSR count). The minimum Gasteiger partial charge on any atom is -0.339 e. The zero-order valence-electron chi connectivity index (χ0n) is 12.4. The Morgan fingerprint density at radius 3 is 2.79 bits per heavy atom. The van der Waals surface area contributed by atoms with Crippen LogP contribution < -0.4 is 5.32 Å². The summed E-state index contributed by atoms with van der Waals surface area (Å²) in [6.07, 6.45) is 4.28. The van der Waals surface area contributed by atoms with Gasteiger partial charge in [0.25, 0.3) is 0 Å². The van der Waals surface area contributed by atoms with E-state index in [1.807, 2.05) is 7.05 Å². The summed E-state index contributed by atoms with van der Waals surface area (Å²) in [5, 5.41) is 7.29. The van der Waals surface area contributed by atoms with Crippen LogP contribution >= 0.6 is 0 Å². The minimum atomic E-state index is 0.376. The molecule has 1 aromatic heterocycles. The van der Waals surface area contributed by atoms with Crippen LogP contribution in [0.3, 0.4) is 0 Å². The topological polar surface area (TPSA) is 54.2 Å². The smallest absolute Gasteiger partial charge is 0.228 e. The maximum absolute atomic E-state index is 5.31. The third kappa shape index (κ3) is 4.28. The summed E-state index contributed by atoms with van der Waals surface area (Å²) in [7, 11) is 1.95. The predicted molar refractivity (Wildman–Crippen MR) is 75.1 cm³/mol. The molecule has 5 nitrogen and oxygen atoms in total. The standard InChI is InChI=1S/C14H26N4O/c1-4-18-7-5-12(6-8-18)10-13-16-14(19-17-13)9-11(2)15-3/h11-12,15H,4-10H2,1-3H3. The number of hydrogen-bond donors (Lipinski definition) is 1. The van der Waals surface area contributed by atoms with Gasteiger partial charge in [-0.2, -0.15) is 4.98 Å². The number of piperidine rings is 1. The van der Waals surface area contributed by atoms with Gasteiger partial charge in [0.2, 0.25) is 5.89 Å². The van der Waals surface area contributed by atoms with Crippen molar-refractivity contribution in [3.05, 3.63) is 11.7 Å². The van der Waals surface area contributed by atoms with Crippen molar-refractivity contribution in [3.8, 4) is 0 Å². The first kappa shape index (κ1) is 14.5. The highest BCUT2D eigenvalue weighted by Crippen LogP contribution is 2.20. The number of aromatic nitrogens is 2. The molecule has 0 spiro atoms. The molecule has 108 valence electrons. The first-order chi connectivity index (χ1) is 9.21. The van der Waals surface area contributed by atoms with E-state index in [1.165, 1.54) is 32.5 Å². The second kappa shape index (κ2) is 7.01. The average Bonchev–Trinajstić information content (AvgIpc) is 2.86. The van der Waals surface area contributed by atoms with Crippen LogP contribution in [0.1, 0.15) is 38.4 Å². The molecule has 1 N–H and O–H groups in total. The molecule has 2 heterocycles. The quantitative estimate of drug-likeness (QED) is 0.845. The first-order valence-corrected chi connectivity index (χ1v) is 7.42. The van der Waals surface area contributed by atoms with E-state index in [2.05, 4.69) is 34.2 Å². The summed E-state index contributed by atoms with van der Waals surface area (Å²) in [5.41, 5.74) is 0. The van der Waals surface area contributed by atoms with E-state index in [9.17, 15) is 0 Å². The number of likely N-dealkylation sites (N-methyl/N-ethyl adjacent to an activating group) is 1. The fraction of sp³-hybridized carbons (Fsp3) is 0.857. The highest BCUT2D eigenvalue weighted by Gasteiger charge is 2.20. The summed E-state index contributed by atoms with van der Waals surface area (Å²) < 4.78 is 5.31. The van der Waals surface area contributed by atoms with Crippen molar-refractivity contribution in [3.63, 3.8) is 0 Å². The molecule has 19 heavy (non-hydrogen) atoms. The van der Waals surface area contributed by atoms with E-state index in [1.54, 1.807) is 0 Å². The number of nitrogens with zero attached hydrogens (tertiary/aromatic N) is 3. The van der Waals surface area contributed by atoms with Crippen molar-refractivity contribution in [1.29, 1.82) is 0 Å². The van der Waals surface area contributed by atoms with E-state index < -0.39 is 0 Å². The lowest BCUT2D eigenvalue weighted by molar-refractivity contribution is 0.190. The van der Waals surface area contributed by atoms with Gasteiger partial charge in [-0.05, 0) is 52.4 Å². The summed E-state index contributed by atoms with van der Waals surface area (Å²) in [6, 6.07) is 0.376. The molecule has 0 bridgehead atoms. The highest BCUT2D eigenvalue weighted by molar-refractivity contribution is 4.91. The van der Waals surface area contributed by atoms with E-state index in [-0.39, 0.29) is 0 Å². The van der Waals surface area contributed by atoms with Crippen molar-refractivity contribution >= 4 is 0 Å². The lowest BCUT2D eigenvalue weighted by atomic mass is 9.93. The van der Waals surface area contributed by atoms with Crippen molar-refractivity contribution in [2.75, 3.05) is 26.7 Å². The predicted octanol–water partition coefficient (Wildman–Crippen LogP) is 1.49. The Labute approximate surface area is 115 Å². The minimum absolute atomic E-state index is 0.376. The maximum atomic E-state index is 5.31. The van der Waals surface area contributed by atoms with Crippen LogP contribution in [0.15, 0.2) is 4.52 Å². The van der Waals surface area contributed by atoms with Gasteiger partial charge in [-0.3, -0.25) is 0 Å². The average molecular weight is 266 g/mol. The van der Waals surface area contributed by atoms with Gasteiger partial charge in [0.05, 0.1) is 0 Å². The number of nitrogens with one attached hydrogen (secondary N) is 1. The van der Waals surface area contributed by atoms with Crippen molar-refractivity contribution in [1.82, 2.24) is 20.4 Å². The molecule has 0 radical (unpaired) electrons. The lowest BCUT2D eigenvalue weighted by Crippen LogP contribution is -2.34. The molecule has 0 aromatic carbocycles. The maximum Gasteiger partial charge on any atom is 0.228 e. The summed E-state index contributed by atoms with van der Waals surface area (Å²) in [4.78, 5) is 7.01. The monoisotopic (exact) mass is 266 g/mol. The van der Waals surface area contributed by atoms with Gasteiger partial charge in [-0.1, -0.05) is 12.1 Å². The number of likely N-dealkylation sites (tertiary alicyclic amines) is 1. The fourth-order valence-electron chi connectivity index (χ4n) is 2.58. The summed E-state index contributed by atoms with van der Waals surface area (Å²) in [5.74, 6) is 2.35. The number of hydrogen-bond acceptors (Lipinski definition) is 5. The molecule has 0 aliphatic carbocycles. The lowest BCUT2D eigenvalue weighted by Gasteiger charge is -2.30. The molecular formula is C14H26N4O. The zero-order chi connectivity index (χ0) is 13.7. The fourth-order valence-corrected chi connectivity index (χ4v) is 2.58. The summed E-state index contributed by atoms with van der Waals surface area (Å²) >= 11 is 0. The number of rotatable bonds is 6. The van der Waals surface area contributed by atoms with Crippen LogP contribution in [0, 0.1) is 5.92 Å². The molecule has 5 heteroatoms. The normalized spacial score (nSPS) is 19.7. The van der Waals surface area contributed by atoms with Gasteiger partial charge in [0.1, 0.15) is 0 Å². The van der Waals surface area contributed by atoms with Crippen molar-refractivity contribution in [2.24, 2.45) is 5.92 Å². The third-order valence-corrected chi connectivity index (χ3v) is 4.11. The second-order valence-corrected chi connectivity index (χ2v) is 5.58. The molecule has 0 saturated carbocycles. The highest BCUT2D eigenvalue weighted by atomic mass is 16.5. The summed E-state index contributed by atoms with van der Waals surface area (Å²) in [6.45, 7) is 7.94. The SMILES string of the molecule is CCN1CCC(Cc2noc(CC(C)NC)n2)CC1. The van der Waals surface area contributed by atoms with Crippen LogP contribution in [0.4, 0.5) is 0 Å². The van der Waals surface area contributed by atoms with Crippen molar-refractivity contribution in [2.45, 2.75) is 45.6 Å². The van der Waals surface area contributed by atoms with Gasteiger partial charge >= 0.3 is 0 Å². The van der Waals surface area contributed by atoms with Crippen LogP contribution in [0.5, 0.6) is 0 Å². The Morgan fingerprint density at radius 2 is 2.16 bits per heavy atom. The zero-order valence-corrected chi connectivity index (χ0v) is 12.4. The molecule has 1 atom stereocenters. The third-order valence-electron chi connectivity index (χ3n) is 4.11. The molecule has 1 aliphatic rings. The van der Waals surface area contributed by atoms with Gasteiger partial charge in [-0.15, -0.1) is 0 Å². The Bertz CT molecular complexity index is 371. The van der Waals surface area contributed by atoms with Gasteiger partial charge in [-0.25, -0.2) is 0 Å². The van der Waals surface area contributed by atoms with Crippen molar-refractivity contribution < 1.29 is 4.52 Å².